The Bertz CT molecular complexity index is 557. The molecule has 0 spiro atoms. The smallest absolute Gasteiger partial charge is 0.407 e. The standard InChI is InChI=1S/C15H19ClFNO3/c1-15(2,3)21-14(20)18-7-8-6-9(8)12-11(19)5-4-10(16)13(12)17/h4-5,8-9,19H,6-7H2,1-3H3,(H,18,20). The van der Waals surface area contributed by atoms with Gasteiger partial charge in [0.15, 0.2) is 0 Å². The molecule has 0 saturated heterocycles. The van der Waals surface area contributed by atoms with Crippen molar-refractivity contribution in [1.82, 2.24) is 5.32 Å². The molecule has 1 aromatic carbocycles. The summed E-state index contributed by atoms with van der Waals surface area (Å²) in [6, 6.07) is 2.71. The van der Waals surface area contributed by atoms with Gasteiger partial charge in [0.2, 0.25) is 0 Å². The van der Waals surface area contributed by atoms with Gasteiger partial charge in [0.1, 0.15) is 17.2 Å². The first-order valence-corrected chi connectivity index (χ1v) is 7.20. The molecular formula is C15H19ClFNO3. The third-order valence-corrected chi connectivity index (χ3v) is 3.60. The molecule has 1 aliphatic carbocycles. The van der Waals surface area contributed by atoms with Crippen LogP contribution in [-0.2, 0) is 4.74 Å². The van der Waals surface area contributed by atoms with Crippen LogP contribution in [0.3, 0.4) is 0 Å². The third-order valence-electron chi connectivity index (χ3n) is 3.31. The van der Waals surface area contributed by atoms with Crippen LogP contribution >= 0.6 is 11.6 Å². The third kappa shape index (κ3) is 4.00. The largest absolute Gasteiger partial charge is 0.508 e. The molecule has 0 aromatic heterocycles. The maximum atomic E-state index is 13.9. The zero-order chi connectivity index (χ0) is 15.8. The zero-order valence-electron chi connectivity index (χ0n) is 12.2. The van der Waals surface area contributed by atoms with E-state index in [1.54, 1.807) is 20.8 Å². The second kappa shape index (κ2) is 5.72. The predicted molar refractivity (Wildman–Crippen MR) is 78.2 cm³/mol. The second-order valence-electron chi connectivity index (χ2n) is 6.28. The van der Waals surface area contributed by atoms with Gasteiger partial charge < -0.3 is 15.2 Å². The van der Waals surface area contributed by atoms with Crippen LogP contribution < -0.4 is 5.32 Å². The summed E-state index contributed by atoms with van der Waals surface area (Å²) in [6.07, 6.45) is 0.199. The number of phenolic OH excluding ortho intramolecular Hbond substituents is 1. The van der Waals surface area contributed by atoms with Crippen molar-refractivity contribution in [2.45, 2.75) is 38.7 Å². The molecule has 2 atom stereocenters. The molecule has 2 rings (SSSR count). The fourth-order valence-corrected chi connectivity index (χ4v) is 2.43. The Morgan fingerprint density at radius 1 is 1.52 bits per heavy atom. The van der Waals surface area contributed by atoms with Crippen molar-refractivity contribution < 1.29 is 19.0 Å². The van der Waals surface area contributed by atoms with Crippen molar-refractivity contribution in [3.05, 3.63) is 28.5 Å². The normalized spacial score (nSPS) is 21.0. The van der Waals surface area contributed by atoms with Crippen molar-refractivity contribution in [1.29, 1.82) is 0 Å². The molecule has 0 radical (unpaired) electrons. The Hall–Kier alpha value is -1.49. The van der Waals surface area contributed by atoms with Crippen LogP contribution in [0.4, 0.5) is 9.18 Å². The first-order chi connectivity index (χ1) is 9.69. The average molecular weight is 316 g/mol. The zero-order valence-corrected chi connectivity index (χ0v) is 13.0. The summed E-state index contributed by atoms with van der Waals surface area (Å²) in [6.45, 7) is 5.73. The van der Waals surface area contributed by atoms with E-state index in [0.717, 1.165) is 0 Å². The van der Waals surface area contributed by atoms with Gasteiger partial charge in [-0.15, -0.1) is 0 Å². The lowest BCUT2D eigenvalue weighted by Gasteiger charge is -2.19. The fourth-order valence-electron chi connectivity index (χ4n) is 2.26. The average Bonchev–Trinajstić information content (AvgIpc) is 3.09. The van der Waals surface area contributed by atoms with Crippen LogP contribution in [-0.4, -0.2) is 23.3 Å². The Labute approximate surface area is 128 Å². The summed E-state index contributed by atoms with van der Waals surface area (Å²) in [4.78, 5) is 11.5. The van der Waals surface area contributed by atoms with Crippen LogP contribution in [0, 0.1) is 11.7 Å². The number of benzene rings is 1. The number of alkyl carbamates (subject to hydrolysis) is 1. The SMILES string of the molecule is CC(C)(C)OC(=O)NCC1CC1c1c(O)ccc(Cl)c1F. The number of aromatic hydroxyl groups is 1. The Balaban J connectivity index is 1.91. The number of carbonyl (C=O) groups excluding carboxylic acids is 1. The monoisotopic (exact) mass is 315 g/mol. The van der Waals surface area contributed by atoms with Gasteiger partial charge >= 0.3 is 6.09 Å². The fraction of sp³-hybridized carbons (Fsp3) is 0.533. The molecule has 0 bridgehead atoms. The topological polar surface area (TPSA) is 58.6 Å². The van der Waals surface area contributed by atoms with Crippen LogP contribution in [0.2, 0.25) is 5.02 Å². The van der Waals surface area contributed by atoms with E-state index in [2.05, 4.69) is 5.32 Å². The highest BCUT2D eigenvalue weighted by Gasteiger charge is 2.42. The quantitative estimate of drug-likeness (QED) is 0.891. The van der Waals surface area contributed by atoms with E-state index in [1.807, 2.05) is 0 Å². The number of amides is 1. The number of nitrogens with one attached hydrogen (secondary N) is 1. The van der Waals surface area contributed by atoms with Gasteiger partial charge in [-0.25, -0.2) is 9.18 Å². The van der Waals surface area contributed by atoms with E-state index < -0.39 is 17.5 Å². The molecular weight excluding hydrogens is 297 g/mol. The Morgan fingerprint density at radius 3 is 2.81 bits per heavy atom. The Morgan fingerprint density at radius 2 is 2.19 bits per heavy atom. The lowest BCUT2D eigenvalue weighted by atomic mass is 10.1. The molecule has 2 N–H and O–H groups in total. The summed E-state index contributed by atoms with van der Waals surface area (Å²) in [7, 11) is 0. The van der Waals surface area contributed by atoms with Gasteiger partial charge in [-0.1, -0.05) is 11.6 Å². The summed E-state index contributed by atoms with van der Waals surface area (Å²) >= 11 is 5.73. The minimum absolute atomic E-state index is 0.00597. The lowest BCUT2D eigenvalue weighted by Crippen LogP contribution is -2.33. The molecule has 1 amide bonds. The van der Waals surface area contributed by atoms with Gasteiger partial charge in [0, 0.05) is 12.1 Å². The van der Waals surface area contributed by atoms with Crippen molar-refractivity contribution >= 4 is 17.7 Å². The minimum atomic E-state index is -0.582. The van der Waals surface area contributed by atoms with Crippen LogP contribution in [0.5, 0.6) is 5.75 Å². The van der Waals surface area contributed by atoms with E-state index in [9.17, 15) is 14.3 Å². The molecule has 1 saturated carbocycles. The number of hydrogen-bond acceptors (Lipinski definition) is 3. The number of rotatable bonds is 3. The van der Waals surface area contributed by atoms with Crippen molar-refractivity contribution in [3.63, 3.8) is 0 Å². The van der Waals surface area contributed by atoms with Crippen molar-refractivity contribution in [3.8, 4) is 5.75 Å². The number of carbonyl (C=O) groups is 1. The first-order valence-electron chi connectivity index (χ1n) is 6.82. The highest BCUT2D eigenvalue weighted by Crippen LogP contribution is 2.51. The number of phenols is 1. The predicted octanol–water partition coefficient (Wildman–Crippen LogP) is 3.81. The summed E-state index contributed by atoms with van der Waals surface area (Å²) in [5.74, 6) is -0.724. The highest BCUT2D eigenvalue weighted by atomic mass is 35.5. The van der Waals surface area contributed by atoms with Gasteiger partial charge in [-0.3, -0.25) is 0 Å². The molecule has 0 heterocycles. The maximum Gasteiger partial charge on any atom is 0.407 e. The summed E-state index contributed by atoms with van der Waals surface area (Å²) in [5.41, 5.74) is -0.317. The molecule has 116 valence electrons. The van der Waals surface area contributed by atoms with E-state index >= 15 is 0 Å². The molecule has 1 aliphatic rings. The van der Waals surface area contributed by atoms with Crippen LogP contribution in [0.25, 0.3) is 0 Å². The Kier molecular flexibility index (Phi) is 4.33. The molecule has 21 heavy (non-hydrogen) atoms. The number of ether oxygens (including phenoxy) is 1. The van der Waals surface area contributed by atoms with E-state index in [-0.39, 0.29) is 28.2 Å². The van der Waals surface area contributed by atoms with Crippen LogP contribution in [0.1, 0.15) is 38.7 Å². The first kappa shape index (κ1) is 15.9. The van der Waals surface area contributed by atoms with Crippen molar-refractivity contribution in [2.24, 2.45) is 5.92 Å². The maximum absolute atomic E-state index is 13.9. The summed E-state index contributed by atoms with van der Waals surface area (Å²) in [5, 5.41) is 12.4. The van der Waals surface area contributed by atoms with E-state index in [0.29, 0.717) is 13.0 Å². The van der Waals surface area contributed by atoms with Crippen LogP contribution in [0.15, 0.2) is 12.1 Å². The molecule has 6 heteroatoms. The molecule has 1 aromatic rings. The highest BCUT2D eigenvalue weighted by molar-refractivity contribution is 6.30. The van der Waals surface area contributed by atoms with Gasteiger partial charge in [0.25, 0.3) is 0 Å². The minimum Gasteiger partial charge on any atom is -0.508 e. The lowest BCUT2D eigenvalue weighted by molar-refractivity contribution is 0.0525. The molecule has 2 unspecified atom stereocenters. The molecule has 4 nitrogen and oxygen atoms in total. The van der Waals surface area contributed by atoms with E-state index in [1.165, 1.54) is 12.1 Å². The number of hydrogen-bond donors (Lipinski definition) is 2. The molecule has 1 fully saturated rings. The van der Waals surface area contributed by atoms with Gasteiger partial charge in [-0.05, 0) is 51.2 Å². The van der Waals surface area contributed by atoms with Gasteiger partial charge in [0.05, 0.1) is 5.02 Å². The molecule has 0 aliphatic heterocycles. The number of halogens is 2. The van der Waals surface area contributed by atoms with Gasteiger partial charge in [-0.2, -0.15) is 0 Å². The summed E-state index contributed by atoms with van der Waals surface area (Å²) < 4.78 is 19.1. The van der Waals surface area contributed by atoms with Crippen molar-refractivity contribution in [2.75, 3.05) is 6.54 Å². The van der Waals surface area contributed by atoms with E-state index in [4.69, 9.17) is 16.3 Å². The second-order valence-corrected chi connectivity index (χ2v) is 6.69.